The summed E-state index contributed by atoms with van der Waals surface area (Å²) in [5, 5.41) is 0. The summed E-state index contributed by atoms with van der Waals surface area (Å²) in [6.07, 6.45) is 4.29. The number of hydrogen-bond donors (Lipinski definition) is 0. The van der Waals surface area contributed by atoms with Crippen molar-refractivity contribution in [3.63, 3.8) is 0 Å². The molecule has 0 bridgehead atoms. The van der Waals surface area contributed by atoms with Crippen LogP contribution < -0.4 is 0 Å². The minimum absolute atomic E-state index is 0.991. The molecular weight excluding hydrogens is 268 g/mol. The zero-order valence-corrected chi connectivity index (χ0v) is 13.5. The molecule has 1 heteroatoms. The molecule has 0 saturated carbocycles. The van der Waals surface area contributed by atoms with Gasteiger partial charge in [-0.2, -0.15) is 0 Å². The molecule has 0 radical (unpaired) electrons. The lowest BCUT2D eigenvalue weighted by molar-refractivity contribution is 0.308. The standard InChI is InChI=1S/C21H22O/c1-15-7-11-17(12-8-15)19-5-4-6-20(22-3)21(19)18-13-9-16(2)10-14-18/h6-14H,4-5H2,1-3H3. The number of aryl methyl sites for hydroxylation is 2. The third-order valence-electron chi connectivity index (χ3n) is 4.23. The van der Waals surface area contributed by atoms with Crippen LogP contribution in [0.5, 0.6) is 0 Å². The van der Waals surface area contributed by atoms with Crippen molar-refractivity contribution in [2.45, 2.75) is 26.7 Å². The number of allylic oxidation sites excluding steroid dienone is 3. The van der Waals surface area contributed by atoms with Gasteiger partial charge in [0.05, 0.1) is 7.11 Å². The molecule has 0 aliphatic heterocycles. The van der Waals surface area contributed by atoms with Crippen LogP contribution in [0, 0.1) is 13.8 Å². The van der Waals surface area contributed by atoms with Gasteiger partial charge in [-0.15, -0.1) is 0 Å². The lowest BCUT2D eigenvalue weighted by Gasteiger charge is -2.22. The molecule has 2 aromatic rings. The topological polar surface area (TPSA) is 9.23 Å². The normalized spacial score (nSPS) is 14.8. The Morgan fingerprint density at radius 2 is 1.32 bits per heavy atom. The molecule has 3 rings (SSSR count). The van der Waals surface area contributed by atoms with Gasteiger partial charge >= 0.3 is 0 Å². The predicted molar refractivity (Wildman–Crippen MR) is 93.5 cm³/mol. The van der Waals surface area contributed by atoms with E-state index in [9.17, 15) is 0 Å². The first-order chi connectivity index (χ1) is 10.7. The van der Waals surface area contributed by atoms with Crippen LogP contribution in [0.1, 0.15) is 35.1 Å². The van der Waals surface area contributed by atoms with Gasteiger partial charge in [-0.3, -0.25) is 0 Å². The van der Waals surface area contributed by atoms with E-state index in [0.717, 1.165) is 18.6 Å². The summed E-state index contributed by atoms with van der Waals surface area (Å²) in [5.74, 6) is 0.991. The summed E-state index contributed by atoms with van der Waals surface area (Å²) in [5.41, 5.74) is 7.71. The molecule has 0 fully saturated rings. The Morgan fingerprint density at radius 1 is 0.773 bits per heavy atom. The van der Waals surface area contributed by atoms with E-state index in [1.54, 1.807) is 7.11 Å². The van der Waals surface area contributed by atoms with Gasteiger partial charge in [-0.1, -0.05) is 59.7 Å². The smallest absolute Gasteiger partial charge is 0.123 e. The van der Waals surface area contributed by atoms with E-state index in [1.165, 1.54) is 33.4 Å². The second-order valence-electron chi connectivity index (χ2n) is 5.90. The Balaban J connectivity index is 2.17. The lowest BCUT2D eigenvalue weighted by atomic mass is 9.86. The van der Waals surface area contributed by atoms with Gasteiger partial charge in [0.2, 0.25) is 0 Å². The number of methoxy groups -OCH3 is 1. The quantitative estimate of drug-likeness (QED) is 0.721. The monoisotopic (exact) mass is 290 g/mol. The van der Waals surface area contributed by atoms with Gasteiger partial charge in [-0.25, -0.2) is 0 Å². The molecule has 2 aromatic carbocycles. The van der Waals surface area contributed by atoms with Crippen LogP contribution in [0.25, 0.3) is 11.1 Å². The first-order valence-corrected chi connectivity index (χ1v) is 7.81. The van der Waals surface area contributed by atoms with Gasteiger partial charge < -0.3 is 4.74 Å². The maximum atomic E-state index is 5.67. The average Bonchev–Trinajstić information content (AvgIpc) is 2.56. The second kappa shape index (κ2) is 6.23. The van der Waals surface area contributed by atoms with Gasteiger partial charge in [-0.05, 0) is 49.5 Å². The molecule has 1 aliphatic carbocycles. The zero-order valence-electron chi connectivity index (χ0n) is 13.5. The number of hydrogen-bond acceptors (Lipinski definition) is 1. The van der Waals surface area contributed by atoms with Crippen molar-refractivity contribution in [1.82, 2.24) is 0 Å². The Labute approximate surface area is 133 Å². The summed E-state index contributed by atoms with van der Waals surface area (Å²) < 4.78 is 5.67. The van der Waals surface area contributed by atoms with Gasteiger partial charge in [0.1, 0.15) is 5.76 Å². The average molecular weight is 290 g/mol. The Morgan fingerprint density at radius 3 is 1.86 bits per heavy atom. The summed E-state index contributed by atoms with van der Waals surface area (Å²) in [7, 11) is 1.76. The Hall–Kier alpha value is -2.28. The van der Waals surface area contributed by atoms with Crippen LogP contribution in [0.3, 0.4) is 0 Å². The fourth-order valence-electron chi connectivity index (χ4n) is 2.99. The van der Waals surface area contributed by atoms with Crippen molar-refractivity contribution in [3.05, 3.63) is 82.6 Å². The highest BCUT2D eigenvalue weighted by molar-refractivity contribution is 5.98. The summed E-state index contributed by atoms with van der Waals surface area (Å²) in [6, 6.07) is 17.5. The zero-order chi connectivity index (χ0) is 15.5. The van der Waals surface area contributed by atoms with E-state index in [1.807, 2.05) is 0 Å². The van der Waals surface area contributed by atoms with Crippen molar-refractivity contribution in [3.8, 4) is 0 Å². The lowest BCUT2D eigenvalue weighted by Crippen LogP contribution is -2.03. The van der Waals surface area contributed by atoms with E-state index < -0.39 is 0 Å². The molecule has 22 heavy (non-hydrogen) atoms. The number of benzene rings is 2. The molecule has 0 heterocycles. The van der Waals surface area contributed by atoms with Crippen molar-refractivity contribution >= 4 is 11.1 Å². The maximum absolute atomic E-state index is 5.67. The second-order valence-corrected chi connectivity index (χ2v) is 5.90. The number of rotatable bonds is 3. The van der Waals surface area contributed by atoms with Gasteiger partial charge in [0.15, 0.2) is 0 Å². The van der Waals surface area contributed by atoms with Crippen LogP contribution >= 0.6 is 0 Å². The highest BCUT2D eigenvalue weighted by Crippen LogP contribution is 2.39. The molecule has 0 saturated heterocycles. The van der Waals surface area contributed by atoms with Crippen LogP contribution in [-0.4, -0.2) is 7.11 Å². The van der Waals surface area contributed by atoms with Gasteiger partial charge in [0.25, 0.3) is 0 Å². The van der Waals surface area contributed by atoms with E-state index in [0.29, 0.717) is 0 Å². The van der Waals surface area contributed by atoms with Crippen molar-refractivity contribution in [1.29, 1.82) is 0 Å². The Kier molecular flexibility index (Phi) is 4.15. The molecule has 0 aromatic heterocycles. The van der Waals surface area contributed by atoms with Crippen molar-refractivity contribution in [2.24, 2.45) is 0 Å². The molecule has 0 amide bonds. The fourth-order valence-corrected chi connectivity index (χ4v) is 2.99. The first kappa shape index (κ1) is 14.6. The third-order valence-corrected chi connectivity index (χ3v) is 4.23. The van der Waals surface area contributed by atoms with E-state index in [2.05, 4.69) is 68.5 Å². The molecule has 0 N–H and O–H groups in total. The highest BCUT2D eigenvalue weighted by atomic mass is 16.5. The maximum Gasteiger partial charge on any atom is 0.123 e. The predicted octanol–water partition coefficient (Wildman–Crippen LogP) is 5.54. The highest BCUT2D eigenvalue weighted by Gasteiger charge is 2.19. The van der Waals surface area contributed by atoms with E-state index in [4.69, 9.17) is 4.74 Å². The molecule has 1 aliphatic rings. The molecule has 0 unspecified atom stereocenters. The first-order valence-electron chi connectivity index (χ1n) is 7.81. The molecule has 112 valence electrons. The van der Waals surface area contributed by atoms with Gasteiger partial charge in [0, 0.05) is 5.57 Å². The fraction of sp³-hybridized carbons (Fsp3) is 0.238. The molecule has 0 atom stereocenters. The number of ether oxygens (including phenoxy) is 1. The van der Waals surface area contributed by atoms with Crippen LogP contribution in [-0.2, 0) is 4.74 Å². The Bertz CT molecular complexity index is 716. The molecule has 1 nitrogen and oxygen atoms in total. The van der Waals surface area contributed by atoms with Crippen LogP contribution in [0.15, 0.2) is 60.4 Å². The van der Waals surface area contributed by atoms with E-state index in [-0.39, 0.29) is 0 Å². The minimum atomic E-state index is 0.991. The molecule has 0 spiro atoms. The van der Waals surface area contributed by atoms with Crippen LogP contribution in [0.2, 0.25) is 0 Å². The van der Waals surface area contributed by atoms with Crippen LogP contribution in [0.4, 0.5) is 0 Å². The minimum Gasteiger partial charge on any atom is -0.496 e. The molecular formula is C21H22O. The summed E-state index contributed by atoms with van der Waals surface area (Å²) >= 11 is 0. The van der Waals surface area contributed by atoms with Crippen molar-refractivity contribution in [2.75, 3.05) is 7.11 Å². The summed E-state index contributed by atoms with van der Waals surface area (Å²) in [4.78, 5) is 0. The third kappa shape index (κ3) is 2.85. The SMILES string of the molecule is COC1=CCCC(c2ccc(C)cc2)=C1c1ccc(C)cc1. The largest absolute Gasteiger partial charge is 0.496 e. The summed E-state index contributed by atoms with van der Waals surface area (Å²) in [6.45, 7) is 4.24. The van der Waals surface area contributed by atoms with Crippen molar-refractivity contribution < 1.29 is 4.74 Å². The van der Waals surface area contributed by atoms with E-state index >= 15 is 0 Å².